The quantitative estimate of drug-likeness (QED) is 0.695. The number of rotatable bonds is 5. The van der Waals surface area contributed by atoms with E-state index in [1.165, 1.54) is 4.57 Å². The summed E-state index contributed by atoms with van der Waals surface area (Å²) in [5.74, 6) is 1.34. The summed E-state index contributed by atoms with van der Waals surface area (Å²) >= 11 is 0. The van der Waals surface area contributed by atoms with E-state index in [1.807, 2.05) is 31.1 Å². The minimum absolute atomic E-state index is 0.00177. The second-order valence-electron chi connectivity index (χ2n) is 5.86. The molecule has 2 N–H and O–H groups in total. The van der Waals surface area contributed by atoms with Crippen LogP contribution in [0.1, 0.15) is 11.8 Å². The largest absolute Gasteiger partial charge is 0.468 e. The summed E-state index contributed by atoms with van der Waals surface area (Å²) in [4.78, 5) is 32.4. The topological polar surface area (TPSA) is 101 Å². The van der Waals surface area contributed by atoms with Gasteiger partial charge in [0, 0.05) is 20.6 Å². The van der Waals surface area contributed by atoms with Crippen LogP contribution in [0.25, 0.3) is 11.2 Å². The molecule has 9 nitrogen and oxygen atoms in total. The summed E-state index contributed by atoms with van der Waals surface area (Å²) in [5.41, 5.74) is -0.252. The van der Waals surface area contributed by atoms with Crippen molar-refractivity contribution >= 4 is 17.1 Å². The molecule has 0 unspecified atom stereocenters. The highest BCUT2D eigenvalue weighted by molar-refractivity contribution is 5.73. The van der Waals surface area contributed by atoms with Gasteiger partial charge in [0.15, 0.2) is 11.2 Å². The first-order valence-electron chi connectivity index (χ1n) is 7.49. The monoisotopic (exact) mass is 332 g/mol. The Morgan fingerprint density at radius 1 is 1.33 bits per heavy atom. The molecule has 0 amide bonds. The third-order valence-corrected chi connectivity index (χ3v) is 4.08. The normalized spacial score (nSPS) is 12.9. The van der Waals surface area contributed by atoms with Crippen LogP contribution in [-0.2, 0) is 14.1 Å². The van der Waals surface area contributed by atoms with E-state index >= 15 is 0 Å². The first-order valence-corrected chi connectivity index (χ1v) is 7.49. The molecule has 0 spiro atoms. The van der Waals surface area contributed by atoms with Crippen LogP contribution in [-0.4, -0.2) is 44.6 Å². The van der Waals surface area contributed by atoms with Crippen molar-refractivity contribution in [1.82, 2.24) is 24.0 Å². The lowest BCUT2D eigenvalue weighted by atomic mass is 10.2. The van der Waals surface area contributed by atoms with Crippen LogP contribution in [0.4, 0.5) is 5.95 Å². The van der Waals surface area contributed by atoms with Crippen LogP contribution >= 0.6 is 0 Å². The van der Waals surface area contributed by atoms with Gasteiger partial charge >= 0.3 is 5.69 Å². The van der Waals surface area contributed by atoms with E-state index in [0.29, 0.717) is 23.7 Å². The van der Waals surface area contributed by atoms with Crippen molar-refractivity contribution < 1.29 is 4.42 Å². The summed E-state index contributed by atoms with van der Waals surface area (Å²) < 4.78 is 8.44. The molecule has 0 aliphatic rings. The maximum Gasteiger partial charge on any atom is 0.329 e. The van der Waals surface area contributed by atoms with Gasteiger partial charge in [-0.05, 0) is 26.2 Å². The molecule has 128 valence electrons. The van der Waals surface area contributed by atoms with E-state index in [0.717, 1.165) is 5.76 Å². The number of nitrogens with zero attached hydrogens (tertiary/aromatic N) is 4. The number of aryl methyl sites for hydroxylation is 2. The number of aromatic nitrogens is 4. The van der Waals surface area contributed by atoms with Gasteiger partial charge in [-0.15, -0.1) is 0 Å². The second kappa shape index (κ2) is 6.00. The predicted octanol–water partition coefficient (Wildman–Crippen LogP) is 0.268. The van der Waals surface area contributed by atoms with Crippen LogP contribution in [0.3, 0.4) is 0 Å². The second-order valence-corrected chi connectivity index (χ2v) is 5.86. The molecule has 0 aliphatic carbocycles. The molecule has 0 radical (unpaired) electrons. The lowest BCUT2D eigenvalue weighted by Crippen LogP contribution is -2.29. The average molecular weight is 332 g/mol. The minimum atomic E-state index is -0.487. The fraction of sp³-hybridized carbons (Fsp3) is 0.400. The van der Waals surface area contributed by atoms with E-state index in [2.05, 4.69) is 15.3 Å². The summed E-state index contributed by atoms with van der Waals surface area (Å²) in [5, 5.41) is 3.23. The number of hydrogen-bond acceptors (Lipinski definition) is 6. The van der Waals surface area contributed by atoms with Gasteiger partial charge in [-0.3, -0.25) is 19.2 Å². The fourth-order valence-corrected chi connectivity index (χ4v) is 2.67. The van der Waals surface area contributed by atoms with Gasteiger partial charge in [0.05, 0.1) is 12.3 Å². The zero-order valence-electron chi connectivity index (χ0n) is 14.0. The van der Waals surface area contributed by atoms with Gasteiger partial charge < -0.3 is 14.3 Å². The number of furan rings is 1. The molecule has 3 aromatic rings. The molecule has 3 heterocycles. The first-order chi connectivity index (χ1) is 11.4. The molecule has 0 saturated heterocycles. The highest BCUT2D eigenvalue weighted by atomic mass is 16.3. The number of imidazole rings is 1. The van der Waals surface area contributed by atoms with Crippen molar-refractivity contribution in [2.75, 3.05) is 26.0 Å². The molecule has 1 atom stereocenters. The van der Waals surface area contributed by atoms with Gasteiger partial charge in [0.25, 0.3) is 5.56 Å². The molecule has 24 heavy (non-hydrogen) atoms. The lowest BCUT2D eigenvalue weighted by molar-refractivity contribution is 0.269. The Morgan fingerprint density at radius 3 is 2.71 bits per heavy atom. The molecular weight excluding hydrogens is 312 g/mol. The molecule has 9 heteroatoms. The molecule has 0 aliphatic heterocycles. The Hall–Kier alpha value is -2.81. The van der Waals surface area contributed by atoms with Gasteiger partial charge in [0.1, 0.15) is 5.76 Å². The number of fused-ring (bicyclic) bond motifs is 1. The molecule has 0 fully saturated rings. The zero-order valence-corrected chi connectivity index (χ0v) is 14.0. The smallest absolute Gasteiger partial charge is 0.329 e. The Kier molecular flexibility index (Phi) is 4.02. The lowest BCUT2D eigenvalue weighted by Gasteiger charge is -2.22. The standard InChI is InChI=1S/C15H20N6O3/c1-19(2)9(10-6-5-7-24-10)8-16-14-17-12-11(20(14)3)13(22)18-15(23)21(12)4/h5-7,9H,8H2,1-4H3,(H,16,17)(H,18,22,23)/t9-/m1/s1. The van der Waals surface area contributed by atoms with Gasteiger partial charge in [0.2, 0.25) is 5.95 Å². The fourth-order valence-electron chi connectivity index (χ4n) is 2.67. The Labute approximate surface area is 137 Å². The summed E-state index contributed by atoms with van der Waals surface area (Å²) in [7, 11) is 7.22. The van der Waals surface area contributed by atoms with Crippen LogP contribution < -0.4 is 16.6 Å². The van der Waals surface area contributed by atoms with E-state index in [9.17, 15) is 9.59 Å². The van der Waals surface area contributed by atoms with Crippen molar-refractivity contribution in [3.05, 3.63) is 45.0 Å². The summed E-state index contributed by atoms with van der Waals surface area (Å²) in [6.07, 6.45) is 1.64. The van der Waals surface area contributed by atoms with E-state index in [-0.39, 0.29) is 6.04 Å². The Balaban J connectivity index is 1.95. The molecule has 3 rings (SSSR count). The number of H-pyrrole nitrogens is 1. The van der Waals surface area contributed by atoms with Crippen molar-refractivity contribution in [2.45, 2.75) is 6.04 Å². The summed E-state index contributed by atoms with van der Waals surface area (Å²) in [6.45, 7) is 0.531. The van der Waals surface area contributed by atoms with Crippen LogP contribution in [0.5, 0.6) is 0 Å². The van der Waals surface area contributed by atoms with Crippen LogP contribution in [0.15, 0.2) is 32.4 Å². The summed E-state index contributed by atoms with van der Waals surface area (Å²) in [6, 6.07) is 3.76. The molecular formula is C15H20N6O3. The van der Waals surface area contributed by atoms with Crippen LogP contribution in [0, 0.1) is 0 Å². The third kappa shape index (κ3) is 2.62. The minimum Gasteiger partial charge on any atom is -0.468 e. The number of hydrogen-bond donors (Lipinski definition) is 2. The average Bonchev–Trinajstić information content (AvgIpc) is 3.14. The highest BCUT2D eigenvalue weighted by Crippen LogP contribution is 2.20. The SMILES string of the molecule is CN(C)[C@H](CNc1nc2c(c(=O)[nH]c(=O)n2C)n1C)c1ccco1. The molecule has 0 aromatic carbocycles. The van der Waals surface area contributed by atoms with Crippen molar-refractivity contribution in [1.29, 1.82) is 0 Å². The van der Waals surface area contributed by atoms with E-state index in [1.54, 1.807) is 24.9 Å². The number of anilines is 1. The maximum absolute atomic E-state index is 12.0. The zero-order chi connectivity index (χ0) is 17.4. The van der Waals surface area contributed by atoms with E-state index in [4.69, 9.17) is 4.42 Å². The number of likely N-dealkylation sites (N-methyl/N-ethyl adjacent to an activating group) is 1. The number of nitrogens with one attached hydrogen (secondary N) is 2. The molecule has 0 bridgehead atoms. The molecule has 3 aromatic heterocycles. The van der Waals surface area contributed by atoms with Crippen molar-refractivity contribution in [3.63, 3.8) is 0 Å². The predicted molar refractivity (Wildman–Crippen MR) is 90.2 cm³/mol. The first kappa shape index (κ1) is 16.1. The van der Waals surface area contributed by atoms with Crippen molar-refractivity contribution in [2.24, 2.45) is 14.1 Å². The number of aromatic amines is 1. The van der Waals surface area contributed by atoms with E-state index < -0.39 is 11.2 Å². The third-order valence-electron chi connectivity index (χ3n) is 4.08. The Bertz CT molecular complexity index is 964. The van der Waals surface area contributed by atoms with Gasteiger partial charge in [-0.1, -0.05) is 0 Å². The maximum atomic E-state index is 12.0. The van der Waals surface area contributed by atoms with Gasteiger partial charge in [-0.25, -0.2) is 4.79 Å². The highest BCUT2D eigenvalue weighted by Gasteiger charge is 2.19. The molecule has 0 saturated carbocycles. The van der Waals surface area contributed by atoms with Crippen molar-refractivity contribution in [3.8, 4) is 0 Å². The Morgan fingerprint density at radius 2 is 2.08 bits per heavy atom. The van der Waals surface area contributed by atoms with Gasteiger partial charge in [-0.2, -0.15) is 4.98 Å². The van der Waals surface area contributed by atoms with Crippen LogP contribution in [0.2, 0.25) is 0 Å².